The number of rotatable bonds is 6. The predicted molar refractivity (Wildman–Crippen MR) is 91.1 cm³/mol. The molecule has 4 atom stereocenters. The van der Waals surface area contributed by atoms with Crippen molar-refractivity contribution in [1.29, 1.82) is 0 Å². The Morgan fingerprint density at radius 2 is 1.67 bits per heavy atom. The van der Waals surface area contributed by atoms with Crippen LogP contribution in [0.25, 0.3) is 0 Å². The van der Waals surface area contributed by atoms with E-state index in [1.165, 1.54) is 31.4 Å². The molecule has 0 radical (unpaired) electrons. The minimum Gasteiger partial charge on any atom is -0.462 e. The Hall–Kier alpha value is -1.58. The van der Waals surface area contributed by atoms with Gasteiger partial charge in [0.2, 0.25) is 0 Å². The van der Waals surface area contributed by atoms with Gasteiger partial charge in [-0.1, -0.05) is 18.6 Å². The first-order valence-electron chi connectivity index (χ1n) is 9.16. The lowest BCUT2D eigenvalue weighted by Gasteiger charge is -2.47. The van der Waals surface area contributed by atoms with Crippen molar-refractivity contribution in [3.63, 3.8) is 0 Å². The number of ether oxygens (including phenoxy) is 2. The Morgan fingerprint density at radius 1 is 1.00 bits per heavy atom. The second kappa shape index (κ2) is 6.73. The largest absolute Gasteiger partial charge is 0.462 e. The molecular weight excluding hydrogens is 304 g/mol. The van der Waals surface area contributed by atoms with E-state index in [2.05, 4.69) is 0 Å². The zero-order valence-electron chi connectivity index (χ0n) is 14.8. The number of esters is 2. The van der Waals surface area contributed by atoms with Crippen molar-refractivity contribution in [3.8, 4) is 0 Å². The van der Waals surface area contributed by atoms with Gasteiger partial charge in [-0.3, -0.25) is 0 Å². The van der Waals surface area contributed by atoms with E-state index < -0.39 is 0 Å². The highest BCUT2D eigenvalue weighted by atomic mass is 16.5. The van der Waals surface area contributed by atoms with Crippen LogP contribution in [0.4, 0.5) is 0 Å². The maximum Gasteiger partial charge on any atom is 0.330 e. The standard InChI is InChI=1S/C20H28O4/c1-3-6-17(21)23-13-19-11-9-15(12-19)16-8-5-10-20(16,19)14-24-18(22)7-4-2/h3-4,6-7,15-16H,5,8-14H2,1-2H3. The highest BCUT2D eigenvalue weighted by Gasteiger charge is 2.68. The molecule has 0 saturated heterocycles. The van der Waals surface area contributed by atoms with E-state index in [9.17, 15) is 9.59 Å². The molecule has 0 amide bonds. The van der Waals surface area contributed by atoms with Crippen LogP contribution in [0.2, 0.25) is 0 Å². The van der Waals surface area contributed by atoms with Crippen molar-refractivity contribution < 1.29 is 19.1 Å². The minimum absolute atomic E-state index is 0.00334. The molecule has 0 heterocycles. The highest BCUT2D eigenvalue weighted by molar-refractivity contribution is 5.82. The molecular formula is C20H28O4. The Bertz CT molecular complexity index is 564. The van der Waals surface area contributed by atoms with Crippen LogP contribution in [0, 0.1) is 22.7 Å². The average molecular weight is 332 g/mol. The normalized spacial score (nSPS) is 37.2. The van der Waals surface area contributed by atoms with Crippen molar-refractivity contribution in [2.24, 2.45) is 22.7 Å². The number of carbonyl (C=O) groups is 2. The molecule has 2 bridgehead atoms. The third-order valence-corrected chi connectivity index (χ3v) is 6.69. The monoisotopic (exact) mass is 332 g/mol. The average Bonchev–Trinajstić information content (AvgIpc) is 3.22. The topological polar surface area (TPSA) is 52.6 Å². The summed E-state index contributed by atoms with van der Waals surface area (Å²) in [6.07, 6.45) is 13.3. The predicted octanol–water partition coefficient (Wildman–Crippen LogP) is 3.81. The van der Waals surface area contributed by atoms with Crippen molar-refractivity contribution in [1.82, 2.24) is 0 Å². The summed E-state index contributed by atoms with van der Waals surface area (Å²) in [5.74, 6) is 0.789. The highest BCUT2D eigenvalue weighted by Crippen LogP contribution is 2.72. The Balaban J connectivity index is 1.78. The molecule has 3 rings (SSSR count). The van der Waals surface area contributed by atoms with Gasteiger partial charge in [-0.25, -0.2) is 9.59 Å². The molecule has 132 valence electrons. The van der Waals surface area contributed by atoms with E-state index in [1.54, 1.807) is 12.2 Å². The van der Waals surface area contributed by atoms with Crippen LogP contribution < -0.4 is 0 Å². The summed E-state index contributed by atoms with van der Waals surface area (Å²) in [6, 6.07) is 0. The Morgan fingerprint density at radius 3 is 2.33 bits per heavy atom. The van der Waals surface area contributed by atoms with Crippen LogP contribution in [0.3, 0.4) is 0 Å². The molecule has 3 aliphatic carbocycles. The summed E-state index contributed by atoms with van der Waals surface area (Å²) in [5.41, 5.74) is -0.00431. The maximum atomic E-state index is 11.8. The minimum atomic E-state index is -0.266. The number of carbonyl (C=O) groups excluding carboxylic acids is 2. The fraction of sp³-hybridized carbons (Fsp3) is 0.700. The molecule has 0 aromatic carbocycles. The number of fused-ring (bicyclic) bond motifs is 5. The van der Waals surface area contributed by atoms with Gasteiger partial charge < -0.3 is 9.47 Å². The molecule has 0 spiro atoms. The van der Waals surface area contributed by atoms with Gasteiger partial charge in [-0.2, -0.15) is 0 Å². The van der Waals surface area contributed by atoms with Crippen LogP contribution in [0.1, 0.15) is 52.4 Å². The van der Waals surface area contributed by atoms with Crippen LogP contribution >= 0.6 is 0 Å². The maximum absolute atomic E-state index is 11.8. The van der Waals surface area contributed by atoms with Gasteiger partial charge in [0.15, 0.2) is 0 Å². The summed E-state index contributed by atoms with van der Waals surface area (Å²) >= 11 is 0. The lowest BCUT2D eigenvalue weighted by Crippen LogP contribution is -2.47. The summed E-state index contributed by atoms with van der Waals surface area (Å²) in [6.45, 7) is 4.57. The zero-order valence-corrected chi connectivity index (χ0v) is 14.8. The molecule has 3 fully saturated rings. The Kier molecular flexibility index (Phi) is 4.84. The van der Waals surface area contributed by atoms with Gasteiger partial charge in [-0.05, 0) is 57.8 Å². The fourth-order valence-electron chi connectivity index (χ4n) is 5.79. The van der Waals surface area contributed by atoms with Crippen molar-refractivity contribution in [2.75, 3.05) is 13.2 Å². The quantitative estimate of drug-likeness (QED) is 0.548. The molecule has 4 heteroatoms. The lowest BCUT2D eigenvalue weighted by atomic mass is 9.60. The van der Waals surface area contributed by atoms with E-state index in [0.717, 1.165) is 19.3 Å². The summed E-state index contributed by atoms with van der Waals surface area (Å²) in [7, 11) is 0. The van der Waals surface area contributed by atoms with E-state index in [4.69, 9.17) is 9.47 Å². The molecule has 3 aliphatic rings. The number of allylic oxidation sites excluding steroid dienone is 2. The van der Waals surface area contributed by atoms with Crippen LogP contribution in [0.5, 0.6) is 0 Å². The number of hydrogen-bond donors (Lipinski definition) is 0. The summed E-state index contributed by atoms with van der Waals surface area (Å²) in [4.78, 5) is 23.7. The number of hydrogen-bond acceptors (Lipinski definition) is 4. The van der Waals surface area contributed by atoms with Gasteiger partial charge in [0.25, 0.3) is 0 Å². The van der Waals surface area contributed by atoms with Crippen molar-refractivity contribution >= 4 is 11.9 Å². The third kappa shape index (κ3) is 2.70. The van der Waals surface area contributed by atoms with E-state index in [0.29, 0.717) is 25.0 Å². The smallest absolute Gasteiger partial charge is 0.330 e. The molecule has 0 N–H and O–H groups in total. The molecule has 3 saturated carbocycles. The molecule has 4 unspecified atom stereocenters. The first kappa shape index (κ1) is 17.2. The fourth-order valence-corrected chi connectivity index (χ4v) is 5.79. The summed E-state index contributed by atoms with van der Waals surface area (Å²) < 4.78 is 11.2. The van der Waals surface area contributed by atoms with Gasteiger partial charge in [0.05, 0.1) is 13.2 Å². The SMILES string of the molecule is CC=CC(=O)OCC12CCC(C1)C1CCCC12COC(=O)C=CC. The zero-order chi connectivity index (χ0) is 17.2. The van der Waals surface area contributed by atoms with Gasteiger partial charge in [0, 0.05) is 23.0 Å². The Labute approximate surface area is 144 Å². The molecule has 4 nitrogen and oxygen atoms in total. The van der Waals surface area contributed by atoms with E-state index >= 15 is 0 Å². The van der Waals surface area contributed by atoms with Crippen LogP contribution in [-0.2, 0) is 19.1 Å². The van der Waals surface area contributed by atoms with E-state index in [1.807, 2.05) is 13.8 Å². The third-order valence-electron chi connectivity index (χ3n) is 6.69. The van der Waals surface area contributed by atoms with Crippen LogP contribution in [-0.4, -0.2) is 25.2 Å². The molecule has 0 aromatic rings. The molecule has 0 aliphatic heterocycles. The van der Waals surface area contributed by atoms with Gasteiger partial charge in [0.1, 0.15) is 0 Å². The van der Waals surface area contributed by atoms with Gasteiger partial charge in [-0.15, -0.1) is 0 Å². The first-order valence-corrected chi connectivity index (χ1v) is 9.16. The summed E-state index contributed by atoms with van der Waals surface area (Å²) in [5, 5.41) is 0. The lowest BCUT2D eigenvalue weighted by molar-refractivity contribution is -0.156. The van der Waals surface area contributed by atoms with Crippen molar-refractivity contribution in [2.45, 2.75) is 52.4 Å². The molecule has 0 aromatic heterocycles. The van der Waals surface area contributed by atoms with Crippen molar-refractivity contribution in [3.05, 3.63) is 24.3 Å². The first-order chi connectivity index (χ1) is 11.6. The second-order valence-corrected chi connectivity index (χ2v) is 7.65. The van der Waals surface area contributed by atoms with Crippen LogP contribution in [0.15, 0.2) is 24.3 Å². The van der Waals surface area contributed by atoms with E-state index in [-0.39, 0.29) is 22.8 Å². The molecule has 24 heavy (non-hydrogen) atoms. The second-order valence-electron chi connectivity index (χ2n) is 7.65. The van der Waals surface area contributed by atoms with Gasteiger partial charge >= 0.3 is 11.9 Å².